The van der Waals surface area contributed by atoms with E-state index in [1.165, 1.54) is 12.1 Å². The predicted molar refractivity (Wildman–Crippen MR) is 58.9 cm³/mol. The van der Waals surface area contributed by atoms with Crippen molar-refractivity contribution in [3.05, 3.63) is 35.4 Å². The second-order valence-corrected chi connectivity index (χ2v) is 4.41. The lowest BCUT2D eigenvalue weighted by Gasteiger charge is -2.24. The smallest absolute Gasteiger partial charge is 0.126 e. The molecule has 2 nitrogen and oxygen atoms in total. The summed E-state index contributed by atoms with van der Waals surface area (Å²) in [5, 5.41) is 0. The van der Waals surface area contributed by atoms with Crippen LogP contribution in [0.2, 0.25) is 0 Å². The highest BCUT2D eigenvalue weighted by Gasteiger charge is 2.32. The number of nitrogens with zero attached hydrogens (tertiary/aromatic N) is 1. The lowest BCUT2D eigenvalue weighted by Crippen LogP contribution is -2.25. The summed E-state index contributed by atoms with van der Waals surface area (Å²) in [5.41, 5.74) is 6.37. The first kappa shape index (κ1) is 11.5. The van der Waals surface area contributed by atoms with Crippen LogP contribution in [0.5, 0.6) is 0 Å². The standard InChI is InChI=1S/C12H16F2N2/c1-16-3-2-8(7-15)12(16)9-4-10(13)6-11(14)5-9/h4-6,8,12H,2-3,7,15H2,1H3. The van der Waals surface area contributed by atoms with Gasteiger partial charge in [0.15, 0.2) is 0 Å². The number of likely N-dealkylation sites (tertiary alicyclic amines) is 1. The molecule has 0 spiro atoms. The zero-order chi connectivity index (χ0) is 11.7. The van der Waals surface area contributed by atoms with Gasteiger partial charge in [-0.25, -0.2) is 8.78 Å². The van der Waals surface area contributed by atoms with Gasteiger partial charge < -0.3 is 5.73 Å². The summed E-state index contributed by atoms with van der Waals surface area (Å²) in [6.07, 6.45) is 0.982. The maximum Gasteiger partial charge on any atom is 0.126 e. The molecule has 2 unspecified atom stereocenters. The molecule has 0 saturated carbocycles. The van der Waals surface area contributed by atoms with E-state index in [0.29, 0.717) is 12.1 Å². The lowest BCUT2D eigenvalue weighted by atomic mass is 9.94. The molecule has 1 saturated heterocycles. The molecule has 2 N–H and O–H groups in total. The molecule has 1 heterocycles. The highest BCUT2D eigenvalue weighted by molar-refractivity contribution is 5.23. The van der Waals surface area contributed by atoms with Crippen molar-refractivity contribution in [2.75, 3.05) is 20.1 Å². The van der Waals surface area contributed by atoms with Crippen molar-refractivity contribution in [1.82, 2.24) is 4.90 Å². The van der Waals surface area contributed by atoms with Gasteiger partial charge in [0.2, 0.25) is 0 Å². The van der Waals surface area contributed by atoms with Crippen LogP contribution in [0, 0.1) is 17.6 Å². The molecule has 1 aliphatic heterocycles. The largest absolute Gasteiger partial charge is 0.330 e. The van der Waals surface area contributed by atoms with Crippen LogP contribution < -0.4 is 5.73 Å². The Hall–Kier alpha value is -1.00. The Kier molecular flexibility index (Phi) is 3.21. The van der Waals surface area contributed by atoms with Gasteiger partial charge in [0, 0.05) is 12.1 Å². The second-order valence-electron chi connectivity index (χ2n) is 4.41. The number of halogens is 2. The Bertz CT molecular complexity index is 361. The summed E-state index contributed by atoms with van der Waals surface area (Å²) in [7, 11) is 1.96. The molecule has 0 aliphatic carbocycles. The van der Waals surface area contributed by atoms with Crippen LogP contribution in [-0.4, -0.2) is 25.0 Å². The van der Waals surface area contributed by atoms with Gasteiger partial charge in [-0.05, 0) is 50.2 Å². The Labute approximate surface area is 94.0 Å². The van der Waals surface area contributed by atoms with E-state index in [1.807, 2.05) is 7.05 Å². The van der Waals surface area contributed by atoms with Gasteiger partial charge in [-0.1, -0.05) is 0 Å². The van der Waals surface area contributed by atoms with E-state index in [0.717, 1.165) is 19.0 Å². The Morgan fingerprint density at radius 2 is 1.94 bits per heavy atom. The third kappa shape index (κ3) is 2.08. The van der Waals surface area contributed by atoms with E-state index < -0.39 is 11.6 Å². The summed E-state index contributed by atoms with van der Waals surface area (Å²) in [6, 6.07) is 3.74. The molecule has 0 aromatic heterocycles. The Morgan fingerprint density at radius 1 is 1.31 bits per heavy atom. The van der Waals surface area contributed by atoms with Crippen LogP contribution in [0.25, 0.3) is 0 Å². The molecule has 1 aromatic rings. The van der Waals surface area contributed by atoms with Crippen molar-refractivity contribution in [3.8, 4) is 0 Å². The molecule has 1 fully saturated rings. The maximum atomic E-state index is 13.1. The number of rotatable bonds is 2. The minimum atomic E-state index is -0.522. The zero-order valence-corrected chi connectivity index (χ0v) is 9.29. The van der Waals surface area contributed by atoms with Gasteiger partial charge in [0.1, 0.15) is 11.6 Å². The van der Waals surface area contributed by atoms with Crippen LogP contribution in [0.15, 0.2) is 18.2 Å². The maximum absolute atomic E-state index is 13.1. The quantitative estimate of drug-likeness (QED) is 0.834. The fraction of sp³-hybridized carbons (Fsp3) is 0.500. The molecule has 2 rings (SSSR count). The topological polar surface area (TPSA) is 29.3 Å². The molecule has 2 atom stereocenters. The molecular weight excluding hydrogens is 210 g/mol. The molecule has 4 heteroatoms. The molecule has 0 bridgehead atoms. The minimum absolute atomic E-state index is 0.0372. The van der Waals surface area contributed by atoms with Crippen molar-refractivity contribution in [2.45, 2.75) is 12.5 Å². The first-order chi connectivity index (χ1) is 7.61. The third-order valence-electron chi connectivity index (χ3n) is 3.30. The van der Waals surface area contributed by atoms with E-state index in [9.17, 15) is 8.78 Å². The zero-order valence-electron chi connectivity index (χ0n) is 9.29. The van der Waals surface area contributed by atoms with Crippen LogP contribution in [0.3, 0.4) is 0 Å². The number of nitrogens with two attached hydrogens (primary N) is 1. The van der Waals surface area contributed by atoms with Gasteiger partial charge in [-0.15, -0.1) is 0 Å². The van der Waals surface area contributed by atoms with Crippen molar-refractivity contribution >= 4 is 0 Å². The summed E-state index contributed by atoms with van der Waals surface area (Å²) >= 11 is 0. The second kappa shape index (κ2) is 4.47. The van der Waals surface area contributed by atoms with E-state index in [4.69, 9.17) is 5.73 Å². The monoisotopic (exact) mass is 226 g/mol. The first-order valence-corrected chi connectivity index (χ1v) is 5.48. The molecule has 0 amide bonds. The highest BCUT2D eigenvalue weighted by Crippen LogP contribution is 2.35. The summed E-state index contributed by atoms with van der Waals surface area (Å²) in [6.45, 7) is 1.47. The van der Waals surface area contributed by atoms with Gasteiger partial charge in [0.05, 0.1) is 0 Å². The SMILES string of the molecule is CN1CCC(CN)C1c1cc(F)cc(F)c1. The lowest BCUT2D eigenvalue weighted by molar-refractivity contribution is 0.278. The van der Waals surface area contributed by atoms with Gasteiger partial charge in [0.25, 0.3) is 0 Å². The van der Waals surface area contributed by atoms with Gasteiger partial charge >= 0.3 is 0 Å². The normalized spacial score (nSPS) is 26.2. The van der Waals surface area contributed by atoms with Crippen LogP contribution in [0.1, 0.15) is 18.0 Å². The molecule has 16 heavy (non-hydrogen) atoms. The fourth-order valence-corrected chi connectivity index (χ4v) is 2.55. The molecular formula is C12H16F2N2. The van der Waals surface area contributed by atoms with Crippen LogP contribution in [-0.2, 0) is 0 Å². The van der Waals surface area contributed by atoms with E-state index in [2.05, 4.69) is 4.90 Å². The summed E-state index contributed by atoms with van der Waals surface area (Å²) < 4.78 is 26.3. The average Bonchev–Trinajstić information content (AvgIpc) is 2.58. The highest BCUT2D eigenvalue weighted by atomic mass is 19.1. The van der Waals surface area contributed by atoms with Crippen molar-refractivity contribution in [3.63, 3.8) is 0 Å². The predicted octanol–water partition coefficient (Wildman–Crippen LogP) is 1.92. The van der Waals surface area contributed by atoms with Crippen molar-refractivity contribution in [2.24, 2.45) is 11.7 Å². The number of hydrogen-bond donors (Lipinski definition) is 1. The number of hydrogen-bond acceptors (Lipinski definition) is 2. The Morgan fingerprint density at radius 3 is 2.50 bits per heavy atom. The van der Waals surface area contributed by atoms with E-state index in [1.54, 1.807) is 0 Å². The van der Waals surface area contributed by atoms with Crippen LogP contribution >= 0.6 is 0 Å². The molecule has 88 valence electrons. The summed E-state index contributed by atoms with van der Waals surface area (Å²) in [5.74, 6) is -0.761. The van der Waals surface area contributed by atoms with E-state index >= 15 is 0 Å². The fourth-order valence-electron chi connectivity index (χ4n) is 2.55. The van der Waals surface area contributed by atoms with Gasteiger partial charge in [-0.2, -0.15) is 0 Å². The summed E-state index contributed by atoms with van der Waals surface area (Å²) in [4.78, 5) is 2.10. The third-order valence-corrected chi connectivity index (χ3v) is 3.30. The van der Waals surface area contributed by atoms with E-state index in [-0.39, 0.29) is 12.0 Å². The van der Waals surface area contributed by atoms with Crippen molar-refractivity contribution in [1.29, 1.82) is 0 Å². The molecule has 1 aliphatic rings. The van der Waals surface area contributed by atoms with Gasteiger partial charge in [-0.3, -0.25) is 4.90 Å². The van der Waals surface area contributed by atoms with Crippen molar-refractivity contribution < 1.29 is 8.78 Å². The Balaban J connectivity index is 2.34. The number of benzene rings is 1. The average molecular weight is 226 g/mol. The minimum Gasteiger partial charge on any atom is -0.330 e. The first-order valence-electron chi connectivity index (χ1n) is 5.48. The van der Waals surface area contributed by atoms with Crippen LogP contribution in [0.4, 0.5) is 8.78 Å². The molecule has 0 radical (unpaired) electrons. The molecule has 1 aromatic carbocycles.